The Morgan fingerprint density at radius 3 is 2.39 bits per heavy atom. The molecule has 1 aliphatic heterocycles. The number of rotatable bonds is 6. The highest BCUT2D eigenvalue weighted by molar-refractivity contribution is 7.92. The first kappa shape index (κ1) is 20.5. The Morgan fingerprint density at radius 1 is 1.11 bits per heavy atom. The van der Waals surface area contributed by atoms with Crippen molar-refractivity contribution in [2.75, 3.05) is 40.4 Å². The molecule has 1 amide bonds. The summed E-state index contributed by atoms with van der Waals surface area (Å²) >= 11 is 5.96. The SMILES string of the molecule is CS(=O)(=O)N(CC(=O)Nc1ccc(N2CCCCC2)cc1)c1cccc(Cl)c1. The van der Waals surface area contributed by atoms with Gasteiger partial charge >= 0.3 is 0 Å². The van der Waals surface area contributed by atoms with Crippen LogP contribution in [0.25, 0.3) is 0 Å². The van der Waals surface area contributed by atoms with E-state index in [-0.39, 0.29) is 6.54 Å². The van der Waals surface area contributed by atoms with Crippen LogP contribution in [0.3, 0.4) is 0 Å². The molecule has 0 saturated carbocycles. The molecular formula is C20H24ClN3O3S. The van der Waals surface area contributed by atoms with Gasteiger partial charge in [0, 0.05) is 29.5 Å². The maximum Gasteiger partial charge on any atom is 0.245 e. The van der Waals surface area contributed by atoms with Crippen LogP contribution in [-0.2, 0) is 14.8 Å². The van der Waals surface area contributed by atoms with Gasteiger partial charge in [-0.3, -0.25) is 9.10 Å². The summed E-state index contributed by atoms with van der Waals surface area (Å²) in [7, 11) is -3.64. The van der Waals surface area contributed by atoms with E-state index in [0.29, 0.717) is 16.4 Å². The van der Waals surface area contributed by atoms with E-state index in [0.717, 1.165) is 29.3 Å². The number of hydrogen-bond acceptors (Lipinski definition) is 4. The topological polar surface area (TPSA) is 69.7 Å². The van der Waals surface area contributed by atoms with Crippen LogP contribution < -0.4 is 14.5 Å². The number of sulfonamides is 1. The fourth-order valence-corrected chi connectivity index (χ4v) is 4.30. The van der Waals surface area contributed by atoms with Gasteiger partial charge in [0.05, 0.1) is 11.9 Å². The predicted octanol–water partition coefficient (Wildman–Crippen LogP) is 3.74. The Balaban J connectivity index is 1.67. The van der Waals surface area contributed by atoms with E-state index in [1.54, 1.807) is 18.2 Å². The van der Waals surface area contributed by atoms with E-state index in [9.17, 15) is 13.2 Å². The molecule has 8 heteroatoms. The number of anilines is 3. The molecule has 0 unspecified atom stereocenters. The molecule has 150 valence electrons. The maximum absolute atomic E-state index is 12.5. The second kappa shape index (κ2) is 8.84. The summed E-state index contributed by atoms with van der Waals surface area (Å²) in [6, 6.07) is 14.1. The number of amides is 1. The molecule has 1 aliphatic rings. The number of nitrogens with zero attached hydrogens (tertiary/aromatic N) is 2. The molecule has 0 spiro atoms. The maximum atomic E-state index is 12.5. The minimum absolute atomic E-state index is 0.326. The summed E-state index contributed by atoms with van der Waals surface area (Å²) in [5.41, 5.74) is 2.12. The molecule has 1 saturated heterocycles. The van der Waals surface area contributed by atoms with Gasteiger partial charge in [-0.1, -0.05) is 17.7 Å². The van der Waals surface area contributed by atoms with Crippen molar-refractivity contribution in [3.05, 3.63) is 53.6 Å². The third-order valence-electron chi connectivity index (χ3n) is 4.66. The van der Waals surface area contributed by atoms with Crippen molar-refractivity contribution in [1.82, 2.24) is 0 Å². The number of carbonyl (C=O) groups excluding carboxylic acids is 1. The lowest BCUT2D eigenvalue weighted by molar-refractivity contribution is -0.114. The van der Waals surface area contributed by atoms with Gasteiger partial charge in [-0.25, -0.2) is 8.42 Å². The Labute approximate surface area is 171 Å². The number of nitrogens with one attached hydrogen (secondary N) is 1. The van der Waals surface area contributed by atoms with Crippen molar-refractivity contribution in [1.29, 1.82) is 0 Å². The zero-order valence-corrected chi connectivity index (χ0v) is 17.3. The van der Waals surface area contributed by atoms with Crippen molar-refractivity contribution in [2.24, 2.45) is 0 Å². The molecule has 0 aromatic heterocycles. The number of hydrogen-bond donors (Lipinski definition) is 1. The van der Waals surface area contributed by atoms with Crippen molar-refractivity contribution < 1.29 is 13.2 Å². The summed E-state index contributed by atoms with van der Waals surface area (Å²) in [5, 5.41) is 3.17. The largest absolute Gasteiger partial charge is 0.372 e. The Kier molecular flexibility index (Phi) is 6.46. The van der Waals surface area contributed by atoms with E-state index in [4.69, 9.17) is 11.6 Å². The van der Waals surface area contributed by atoms with Crippen molar-refractivity contribution in [2.45, 2.75) is 19.3 Å². The van der Waals surface area contributed by atoms with Crippen LogP contribution in [-0.4, -0.2) is 40.2 Å². The van der Waals surface area contributed by atoms with Crippen LogP contribution in [0.5, 0.6) is 0 Å². The fraction of sp³-hybridized carbons (Fsp3) is 0.350. The van der Waals surface area contributed by atoms with E-state index in [1.165, 1.54) is 25.3 Å². The lowest BCUT2D eigenvalue weighted by Gasteiger charge is -2.28. The first-order valence-corrected chi connectivity index (χ1v) is 11.4. The molecule has 1 heterocycles. The second-order valence-electron chi connectivity index (χ2n) is 6.89. The van der Waals surface area contributed by atoms with Gasteiger partial charge in [-0.2, -0.15) is 0 Å². The van der Waals surface area contributed by atoms with Gasteiger partial charge in [0.1, 0.15) is 6.54 Å². The number of benzene rings is 2. The van der Waals surface area contributed by atoms with Crippen molar-refractivity contribution >= 4 is 44.6 Å². The summed E-state index contributed by atoms with van der Waals surface area (Å²) in [6.45, 7) is 1.77. The van der Waals surface area contributed by atoms with Crippen molar-refractivity contribution in [3.63, 3.8) is 0 Å². The molecule has 1 fully saturated rings. The quantitative estimate of drug-likeness (QED) is 0.771. The van der Waals surface area contributed by atoms with Gasteiger partial charge in [0.2, 0.25) is 15.9 Å². The van der Waals surface area contributed by atoms with Gasteiger partial charge in [-0.05, 0) is 61.7 Å². The molecule has 2 aromatic rings. The predicted molar refractivity (Wildman–Crippen MR) is 115 cm³/mol. The molecule has 0 aliphatic carbocycles. The molecule has 0 bridgehead atoms. The molecule has 0 atom stereocenters. The highest BCUT2D eigenvalue weighted by Gasteiger charge is 2.21. The summed E-state index contributed by atoms with van der Waals surface area (Å²) in [6.07, 6.45) is 4.73. The van der Waals surface area contributed by atoms with Crippen molar-refractivity contribution in [3.8, 4) is 0 Å². The fourth-order valence-electron chi connectivity index (χ4n) is 3.27. The van der Waals surface area contributed by atoms with Crippen LogP contribution in [0.15, 0.2) is 48.5 Å². The molecule has 2 aromatic carbocycles. The summed E-state index contributed by atoms with van der Waals surface area (Å²) < 4.78 is 25.3. The van der Waals surface area contributed by atoms with E-state index in [1.807, 2.05) is 24.3 Å². The van der Waals surface area contributed by atoms with Gasteiger partial charge in [-0.15, -0.1) is 0 Å². The smallest absolute Gasteiger partial charge is 0.245 e. The molecule has 28 heavy (non-hydrogen) atoms. The summed E-state index contributed by atoms with van der Waals surface area (Å²) in [4.78, 5) is 14.8. The highest BCUT2D eigenvalue weighted by atomic mass is 35.5. The van der Waals surface area contributed by atoms with Gasteiger partial charge in [0.25, 0.3) is 0 Å². The monoisotopic (exact) mass is 421 g/mol. The minimum Gasteiger partial charge on any atom is -0.372 e. The van der Waals surface area contributed by atoms with E-state index >= 15 is 0 Å². The minimum atomic E-state index is -3.64. The van der Waals surface area contributed by atoms with E-state index < -0.39 is 15.9 Å². The first-order chi connectivity index (χ1) is 13.3. The van der Waals surface area contributed by atoms with E-state index in [2.05, 4.69) is 10.2 Å². The standard InChI is InChI=1S/C20H24ClN3O3S/c1-28(26,27)24(19-7-5-6-16(21)14-19)15-20(25)22-17-8-10-18(11-9-17)23-12-3-2-4-13-23/h5-11,14H,2-4,12-13,15H2,1H3,(H,22,25). The van der Waals surface area contributed by atoms with Gasteiger partial charge < -0.3 is 10.2 Å². The Hall–Kier alpha value is -2.25. The molecular weight excluding hydrogens is 398 g/mol. The van der Waals surface area contributed by atoms with Crippen LogP contribution in [0.2, 0.25) is 5.02 Å². The third-order valence-corrected chi connectivity index (χ3v) is 6.03. The average Bonchev–Trinajstić information content (AvgIpc) is 2.66. The average molecular weight is 422 g/mol. The second-order valence-corrected chi connectivity index (χ2v) is 9.24. The number of halogens is 1. The summed E-state index contributed by atoms with van der Waals surface area (Å²) in [5.74, 6) is -0.420. The third kappa shape index (κ3) is 5.39. The lowest BCUT2D eigenvalue weighted by atomic mass is 10.1. The van der Waals surface area contributed by atoms with Gasteiger partial charge in [0.15, 0.2) is 0 Å². The number of carbonyl (C=O) groups is 1. The highest BCUT2D eigenvalue weighted by Crippen LogP contribution is 2.23. The first-order valence-electron chi connectivity index (χ1n) is 9.21. The zero-order chi connectivity index (χ0) is 20.1. The Bertz CT molecular complexity index is 926. The molecule has 6 nitrogen and oxygen atoms in total. The van der Waals surface area contributed by atoms with Crippen LogP contribution in [0, 0.1) is 0 Å². The normalized spacial score (nSPS) is 14.6. The van der Waals surface area contributed by atoms with Crippen LogP contribution in [0.4, 0.5) is 17.1 Å². The molecule has 3 rings (SSSR count). The molecule has 0 radical (unpaired) electrons. The lowest BCUT2D eigenvalue weighted by Crippen LogP contribution is -2.37. The molecule has 1 N–H and O–H groups in total. The number of piperidine rings is 1. The zero-order valence-electron chi connectivity index (χ0n) is 15.8. The van der Waals surface area contributed by atoms with Crippen LogP contribution >= 0.6 is 11.6 Å². The van der Waals surface area contributed by atoms with Crippen LogP contribution in [0.1, 0.15) is 19.3 Å². The Morgan fingerprint density at radius 2 is 1.79 bits per heavy atom.